The van der Waals surface area contributed by atoms with Gasteiger partial charge < -0.3 is 9.47 Å². The first-order valence-electron chi connectivity index (χ1n) is 9.75. The SMILES string of the molecule is CCCCOc1ccc(/C=C/C(=O)NNC(=O)c2ccc(CC)cc2)cc1OC. The molecule has 0 spiro atoms. The predicted molar refractivity (Wildman–Crippen MR) is 114 cm³/mol. The van der Waals surface area contributed by atoms with Crippen LogP contribution in [0.2, 0.25) is 0 Å². The molecule has 0 unspecified atom stereocenters. The maximum Gasteiger partial charge on any atom is 0.269 e. The second-order valence-electron chi connectivity index (χ2n) is 6.44. The van der Waals surface area contributed by atoms with Gasteiger partial charge in [-0.15, -0.1) is 0 Å². The third-order valence-corrected chi connectivity index (χ3v) is 4.29. The van der Waals surface area contributed by atoms with Crippen LogP contribution in [0.25, 0.3) is 6.08 Å². The van der Waals surface area contributed by atoms with Crippen molar-refractivity contribution in [1.82, 2.24) is 10.9 Å². The maximum atomic E-state index is 12.1. The molecule has 0 aliphatic rings. The van der Waals surface area contributed by atoms with Gasteiger partial charge in [0.25, 0.3) is 11.8 Å². The van der Waals surface area contributed by atoms with Crippen LogP contribution >= 0.6 is 0 Å². The fraction of sp³-hybridized carbons (Fsp3) is 0.304. The van der Waals surface area contributed by atoms with E-state index < -0.39 is 5.91 Å². The Morgan fingerprint density at radius 3 is 2.41 bits per heavy atom. The Morgan fingerprint density at radius 1 is 1.00 bits per heavy atom. The van der Waals surface area contributed by atoms with Gasteiger partial charge in [-0.05, 0) is 54.3 Å². The maximum absolute atomic E-state index is 12.1. The van der Waals surface area contributed by atoms with E-state index in [2.05, 4.69) is 17.8 Å². The molecule has 0 aromatic heterocycles. The molecule has 0 bridgehead atoms. The Balaban J connectivity index is 1.89. The minimum absolute atomic E-state index is 0.371. The van der Waals surface area contributed by atoms with E-state index in [-0.39, 0.29) is 5.91 Å². The Labute approximate surface area is 171 Å². The van der Waals surface area contributed by atoms with Crippen LogP contribution in [0.5, 0.6) is 11.5 Å². The van der Waals surface area contributed by atoms with Gasteiger partial charge in [-0.25, -0.2) is 0 Å². The molecular weight excluding hydrogens is 368 g/mol. The molecule has 2 amide bonds. The third kappa shape index (κ3) is 6.99. The smallest absolute Gasteiger partial charge is 0.269 e. The highest BCUT2D eigenvalue weighted by atomic mass is 16.5. The number of hydrogen-bond donors (Lipinski definition) is 2. The van der Waals surface area contributed by atoms with Crippen molar-refractivity contribution in [3.63, 3.8) is 0 Å². The molecule has 2 N–H and O–H groups in total. The number of hydrogen-bond acceptors (Lipinski definition) is 4. The Morgan fingerprint density at radius 2 is 1.76 bits per heavy atom. The molecule has 154 valence electrons. The van der Waals surface area contributed by atoms with Crippen LogP contribution in [0.15, 0.2) is 48.5 Å². The highest BCUT2D eigenvalue weighted by Gasteiger charge is 2.07. The number of unbranched alkanes of at least 4 members (excludes halogenated alkanes) is 1. The number of ether oxygens (including phenoxy) is 2. The largest absolute Gasteiger partial charge is 0.493 e. The van der Waals surface area contributed by atoms with E-state index in [1.807, 2.05) is 31.2 Å². The highest BCUT2D eigenvalue weighted by molar-refractivity contribution is 5.97. The minimum atomic E-state index is -0.439. The van der Waals surface area contributed by atoms with E-state index in [0.29, 0.717) is 23.7 Å². The summed E-state index contributed by atoms with van der Waals surface area (Å²) in [5, 5.41) is 0. The summed E-state index contributed by atoms with van der Waals surface area (Å²) in [7, 11) is 1.57. The quantitative estimate of drug-likeness (QED) is 0.383. The van der Waals surface area contributed by atoms with Crippen LogP contribution in [-0.4, -0.2) is 25.5 Å². The van der Waals surface area contributed by atoms with Gasteiger partial charge >= 0.3 is 0 Å². The van der Waals surface area contributed by atoms with E-state index in [4.69, 9.17) is 9.47 Å². The summed E-state index contributed by atoms with van der Waals surface area (Å²) in [6.07, 6.45) is 5.90. The summed E-state index contributed by atoms with van der Waals surface area (Å²) in [4.78, 5) is 24.1. The van der Waals surface area contributed by atoms with Gasteiger partial charge in [0.2, 0.25) is 0 Å². The van der Waals surface area contributed by atoms with Crippen molar-refractivity contribution >= 4 is 17.9 Å². The molecule has 0 radical (unpaired) electrons. The summed E-state index contributed by atoms with van der Waals surface area (Å²) >= 11 is 0. The molecule has 2 rings (SSSR count). The molecule has 0 aliphatic heterocycles. The molecule has 6 heteroatoms. The molecule has 0 saturated heterocycles. The molecule has 0 atom stereocenters. The Kier molecular flexibility index (Phi) is 8.76. The minimum Gasteiger partial charge on any atom is -0.493 e. The van der Waals surface area contributed by atoms with Crippen molar-refractivity contribution in [2.24, 2.45) is 0 Å². The summed E-state index contributed by atoms with van der Waals surface area (Å²) in [5.74, 6) is 0.465. The van der Waals surface area contributed by atoms with E-state index in [9.17, 15) is 9.59 Å². The fourth-order valence-electron chi connectivity index (χ4n) is 2.53. The Hall–Kier alpha value is -3.28. The average molecular weight is 396 g/mol. The molecule has 0 aliphatic carbocycles. The van der Waals surface area contributed by atoms with Gasteiger partial charge in [0.15, 0.2) is 11.5 Å². The number of carbonyl (C=O) groups is 2. The summed E-state index contributed by atoms with van der Waals surface area (Å²) in [6, 6.07) is 12.7. The first kappa shape index (κ1) is 22.0. The van der Waals surface area contributed by atoms with Crippen molar-refractivity contribution in [3.8, 4) is 11.5 Å². The number of nitrogens with one attached hydrogen (secondary N) is 2. The number of methoxy groups -OCH3 is 1. The monoisotopic (exact) mass is 396 g/mol. The Bertz CT molecular complexity index is 844. The van der Waals surface area contributed by atoms with E-state index in [1.54, 1.807) is 31.4 Å². The van der Waals surface area contributed by atoms with E-state index >= 15 is 0 Å². The fourth-order valence-corrected chi connectivity index (χ4v) is 2.53. The van der Waals surface area contributed by atoms with Gasteiger partial charge in [-0.2, -0.15) is 0 Å². The second kappa shape index (κ2) is 11.5. The summed E-state index contributed by atoms with van der Waals surface area (Å²) in [5.41, 5.74) is 7.18. The normalized spacial score (nSPS) is 10.6. The van der Waals surface area contributed by atoms with Crippen molar-refractivity contribution < 1.29 is 19.1 Å². The lowest BCUT2D eigenvalue weighted by molar-refractivity contribution is -0.117. The van der Waals surface area contributed by atoms with Gasteiger partial charge in [-0.1, -0.05) is 38.5 Å². The summed E-state index contributed by atoms with van der Waals surface area (Å²) in [6.45, 7) is 4.78. The molecule has 29 heavy (non-hydrogen) atoms. The van der Waals surface area contributed by atoms with Crippen LogP contribution in [0, 0.1) is 0 Å². The van der Waals surface area contributed by atoms with Crippen LogP contribution in [0.1, 0.15) is 48.2 Å². The summed E-state index contributed by atoms with van der Waals surface area (Å²) < 4.78 is 11.0. The van der Waals surface area contributed by atoms with Gasteiger partial charge in [0, 0.05) is 11.6 Å². The molecule has 0 saturated carbocycles. The van der Waals surface area contributed by atoms with Crippen LogP contribution in [-0.2, 0) is 11.2 Å². The number of amides is 2. The van der Waals surface area contributed by atoms with E-state index in [0.717, 1.165) is 30.4 Å². The van der Waals surface area contributed by atoms with Gasteiger partial charge in [0.1, 0.15) is 0 Å². The predicted octanol–water partition coefficient (Wildman–Crippen LogP) is 3.91. The van der Waals surface area contributed by atoms with Crippen LogP contribution < -0.4 is 20.3 Å². The topological polar surface area (TPSA) is 76.7 Å². The zero-order chi connectivity index (χ0) is 21.1. The molecule has 0 fully saturated rings. The van der Waals surface area contributed by atoms with Crippen molar-refractivity contribution in [3.05, 3.63) is 65.2 Å². The second-order valence-corrected chi connectivity index (χ2v) is 6.44. The van der Waals surface area contributed by atoms with Gasteiger partial charge in [-0.3, -0.25) is 20.4 Å². The van der Waals surface area contributed by atoms with Gasteiger partial charge in [0.05, 0.1) is 13.7 Å². The number of aryl methyl sites for hydroxylation is 1. The number of carbonyl (C=O) groups excluding carboxylic acids is 2. The molecule has 6 nitrogen and oxygen atoms in total. The molecular formula is C23H28N2O4. The lowest BCUT2D eigenvalue weighted by atomic mass is 10.1. The highest BCUT2D eigenvalue weighted by Crippen LogP contribution is 2.28. The molecule has 2 aromatic carbocycles. The van der Waals surface area contributed by atoms with Crippen molar-refractivity contribution in [2.45, 2.75) is 33.1 Å². The zero-order valence-corrected chi connectivity index (χ0v) is 17.2. The van der Waals surface area contributed by atoms with Crippen LogP contribution in [0.3, 0.4) is 0 Å². The zero-order valence-electron chi connectivity index (χ0n) is 17.2. The number of hydrazine groups is 1. The third-order valence-electron chi connectivity index (χ3n) is 4.29. The van der Waals surface area contributed by atoms with Crippen molar-refractivity contribution in [1.29, 1.82) is 0 Å². The molecule has 0 heterocycles. The average Bonchev–Trinajstić information content (AvgIpc) is 2.76. The number of rotatable bonds is 9. The lowest BCUT2D eigenvalue weighted by Crippen LogP contribution is -2.40. The standard InChI is InChI=1S/C23H28N2O4/c1-4-6-15-29-20-13-9-18(16-21(20)28-3)10-14-22(26)24-25-23(27)19-11-7-17(5-2)8-12-19/h7-14,16H,4-6,15H2,1-3H3,(H,24,26)(H,25,27)/b14-10+. The first-order valence-corrected chi connectivity index (χ1v) is 9.75. The molecule has 2 aromatic rings. The number of benzene rings is 2. The lowest BCUT2D eigenvalue weighted by Gasteiger charge is -2.11. The van der Waals surface area contributed by atoms with Crippen molar-refractivity contribution in [2.75, 3.05) is 13.7 Å². The van der Waals surface area contributed by atoms with Crippen LogP contribution in [0.4, 0.5) is 0 Å². The van der Waals surface area contributed by atoms with E-state index in [1.165, 1.54) is 6.08 Å². The first-order chi connectivity index (χ1) is 14.1.